The van der Waals surface area contributed by atoms with E-state index in [4.69, 9.17) is 9.47 Å². The summed E-state index contributed by atoms with van der Waals surface area (Å²) in [5.74, 6) is -0.136. The Balaban J connectivity index is 2.04. The van der Waals surface area contributed by atoms with Crippen molar-refractivity contribution in [3.05, 3.63) is 82.8 Å². The summed E-state index contributed by atoms with van der Waals surface area (Å²) in [6.07, 6.45) is 1.72. The molecule has 1 N–H and O–H groups in total. The fourth-order valence-electron chi connectivity index (χ4n) is 4.13. The first kappa shape index (κ1) is 32.0. The van der Waals surface area contributed by atoms with Gasteiger partial charge in [0.2, 0.25) is 11.8 Å². The molecule has 1 atom stereocenters. The Morgan fingerprint density at radius 2 is 1.61 bits per heavy atom. The van der Waals surface area contributed by atoms with Crippen LogP contribution >= 0.6 is 15.9 Å². The number of benzene rings is 3. The molecule has 0 saturated carbocycles. The fraction of sp³-hybridized carbons (Fsp3) is 0.333. The maximum Gasteiger partial charge on any atom is 0.264 e. The zero-order valence-corrected chi connectivity index (χ0v) is 26.1. The zero-order chi connectivity index (χ0) is 30.0. The number of carbonyl (C=O) groups is 2. The summed E-state index contributed by atoms with van der Waals surface area (Å²) in [4.78, 5) is 28.5. The third-order valence-electron chi connectivity index (χ3n) is 6.53. The second-order valence-electron chi connectivity index (χ2n) is 9.33. The number of nitrogens with zero attached hydrogens (tertiary/aromatic N) is 2. The highest BCUT2D eigenvalue weighted by Crippen LogP contribution is 2.34. The van der Waals surface area contributed by atoms with E-state index >= 15 is 0 Å². The van der Waals surface area contributed by atoms with Crippen molar-refractivity contribution >= 4 is 43.5 Å². The lowest BCUT2D eigenvalue weighted by atomic mass is 10.1. The molecule has 9 nitrogen and oxygen atoms in total. The van der Waals surface area contributed by atoms with Gasteiger partial charge in [0.15, 0.2) is 11.5 Å². The molecule has 0 bridgehead atoms. The normalized spacial score (nSPS) is 11.8. The monoisotopic (exact) mass is 645 g/mol. The largest absolute Gasteiger partial charge is 0.493 e. The Kier molecular flexibility index (Phi) is 11.6. The summed E-state index contributed by atoms with van der Waals surface area (Å²) in [6.45, 7) is 3.72. The second-order valence-corrected chi connectivity index (χ2v) is 12.1. The summed E-state index contributed by atoms with van der Waals surface area (Å²) >= 11 is 3.42. The van der Waals surface area contributed by atoms with E-state index in [0.29, 0.717) is 18.0 Å². The van der Waals surface area contributed by atoms with Gasteiger partial charge in [0.05, 0.1) is 24.8 Å². The van der Waals surface area contributed by atoms with Gasteiger partial charge in [0.25, 0.3) is 10.0 Å². The topological polar surface area (TPSA) is 105 Å². The lowest BCUT2D eigenvalue weighted by Gasteiger charge is -2.32. The SMILES string of the molecule is CCCCNC(=O)[C@H](C)N(Cc1ccc(Br)cc1)C(=O)CN(c1ccc(OC)c(OC)c1)S(=O)(=O)c1ccccc1. The molecule has 3 aromatic rings. The van der Waals surface area contributed by atoms with Gasteiger partial charge in [-0.05, 0) is 55.3 Å². The Labute approximate surface area is 250 Å². The Hall–Kier alpha value is -3.57. The van der Waals surface area contributed by atoms with Crippen molar-refractivity contribution in [1.82, 2.24) is 10.2 Å². The number of ether oxygens (including phenoxy) is 2. The molecule has 41 heavy (non-hydrogen) atoms. The van der Waals surface area contributed by atoms with Crippen LogP contribution in [0.25, 0.3) is 0 Å². The quantitative estimate of drug-likeness (QED) is 0.248. The Morgan fingerprint density at radius 3 is 2.22 bits per heavy atom. The maximum absolute atomic E-state index is 14.0. The van der Waals surface area contributed by atoms with E-state index in [1.54, 1.807) is 37.3 Å². The summed E-state index contributed by atoms with van der Waals surface area (Å²) in [6, 6.07) is 19.1. The lowest BCUT2D eigenvalue weighted by Crippen LogP contribution is -2.51. The molecule has 3 rings (SSSR count). The van der Waals surface area contributed by atoms with E-state index in [0.717, 1.165) is 27.2 Å². The first-order chi connectivity index (χ1) is 19.6. The third kappa shape index (κ3) is 8.23. The first-order valence-electron chi connectivity index (χ1n) is 13.2. The first-order valence-corrected chi connectivity index (χ1v) is 15.5. The lowest BCUT2D eigenvalue weighted by molar-refractivity contribution is -0.139. The second kappa shape index (κ2) is 14.9. The van der Waals surface area contributed by atoms with Crippen LogP contribution in [0.3, 0.4) is 0 Å². The van der Waals surface area contributed by atoms with Crippen molar-refractivity contribution in [2.24, 2.45) is 0 Å². The van der Waals surface area contributed by atoms with Crippen LogP contribution in [-0.4, -0.2) is 58.5 Å². The highest BCUT2D eigenvalue weighted by Gasteiger charge is 2.33. The van der Waals surface area contributed by atoms with Crippen molar-refractivity contribution < 1.29 is 27.5 Å². The van der Waals surface area contributed by atoms with Gasteiger partial charge in [-0.3, -0.25) is 13.9 Å². The molecule has 0 heterocycles. The molecule has 0 aliphatic carbocycles. The van der Waals surface area contributed by atoms with Crippen molar-refractivity contribution in [3.8, 4) is 11.5 Å². The smallest absolute Gasteiger partial charge is 0.264 e. The molecule has 0 saturated heterocycles. The summed E-state index contributed by atoms with van der Waals surface area (Å²) in [7, 11) is -1.26. The highest BCUT2D eigenvalue weighted by atomic mass is 79.9. The number of methoxy groups -OCH3 is 2. The number of halogens is 1. The molecule has 0 aromatic heterocycles. The molecule has 2 amide bonds. The van der Waals surface area contributed by atoms with E-state index < -0.39 is 28.5 Å². The molecular formula is C30H36BrN3O6S. The molecule has 11 heteroatoms. The van der Waals surface area contributed by atoms with Crippen LogP contribution in [0.2, 0.25) is 0 Å². The molecule has 3 aromatic carbocycles. The number of hydrogen-bond acceptors (Lipinski definition) is 6. The van der Waals surface area contributed by atoms with E-state index in [9.17, 15) is 18.0 Å². The Morgan fingerprint density at radius 1 is 0.951 bits per heavy atom. The summed E-state index contributed by atoms with van der Waals surface area (Å²) in [5.41, 5.74) is 1.00. The molecule has 0 fully saturated rings. The zero-order valence-electron chi connectivity index (χ0n) is 23.7. The predicted octanol–water partition coefficient (Wildman–Crippen LogP) is 5.00. The van der Waals surface area contributed by atoms with Gasteiger partial charge in [-0.15, -0.1) is 0 Å². The number of rotatable bonds is 14. The van der Waals surface area contributed by atoms with Crippen LogP contribution in [0.4, 0.5) is 5.69 Å². The van der Waals surface area contributed by atoms with Crippen molar-refractivity contribution in [2.75, 3.05) is 31.6 Å². The molecule has 0 radical (unpaired) electrons. The average Bonchev–Trinajstić information content (AvgIpc) is 2.99. The van der Waals surface area contributed by atoms with Gasteiger partial charge in [-0.1, -0.05) is 59.6 Å². The van der Waals surface area contributed by atoms with Crippen molar-refractivity contribution in [1.29, 1.82) is 0 Å². The molecule has 0 aliphatic rings. The van der Waals surface area contributed by atoms with Gasteiger partial charge in [-0.2, -0.15) is 0 Å². The van der Waals surface area contributed by atoms with Crippen LogP contribution in [0.1, 0.15) is 32.3 Å². The molecule has 220 valence electrons. The van der Waals surface area contributed by atoms with Crippen LogP contribution in [0.5, 0.6) is 11.5 Å². The number of anilines is 1. The fourth-order valence-corrected chi connectivity index (χ4v) is 5.83. The van der Waals surface area contributed by atoms with Crippen LogP contribution < -0.4 is 19.1 Å². The van der Waals surface area contributed by atoms with Crippen LogP contribution in [0, 0.1) is 0 Å². The van der Waals surface area contributed by atoms with Crippen LogP contribution in [0.15, 0.2) is 82.2 Å². The number of carbonyl (C=O) groups excluding carboxylic acids is 2. The van der Waals surface area contributed by atoms with Gasteiger partial charge in [-0.25, -0.2) is 8.42 Å². The molecule has 0 spiro atoms. The summed E-state index contributed by atoms with van der Waals surface area (Å²) < 4.78 is 40.5. The molecule has 0 unspecified atom stereocenters. The van der Waals surface area contributed by atoms with Crippen molar-refractivity contribution in [2.45, 2.75) is 44.2 Å². The van der Waals surface area contributed by atoms with Crippen LogP contribution in [-0.2, 0) is 26.2 Å². The van der Waals surface area contributed by atoms with Gasteiger partial charge in [0, 0.05) is 23.6 Å². The van der Waals surface area contributed by atoms with E-state index in [2.05, 4.69) is 21.2 Å². The standard InChI is InChI=1S/C30H36BrN3O6S/c1-5-6-18-32-30(36)22(2)33(20-23-12-14-24(31)15-13-23)29(35)21-34(41(37,38)26-10-8-7-9-11-26)25-16-17-27(39-3)28(19-25)40-4/h7-17,19,22H,5-6,18,20-21H2,1-4H3,(H,32,36)/t22-/m0/s1. The summed E-state index contributed by atoms with van der Waals surface area (Å²) in [5, 5.41) is 2.88. The van der Waals surface area contributed by atoms with Crippen molar-refractivity contribution in [3.63, 3.8) is 0 Å². The Bertz CT molecular complexity index is 1420. The van der Waals surface area contributed by atoms with E-state index in [-0.39, 0.29) is 23.0 Å². The van der Waals surface area contributed by atoms with E-state index in [1.807, 2.05) is 31.2 Å². The van der Waals surface area contributed by atoms with E-state index in [1.165, 1.54) is 37.3 Å². The van der Waals surface area contributed by atoms with Gasteiger partial charge < -0.3 is 19.7 Å². The number of unbranched alkanes of at least 4 members (excludes halogenated alkanes) is 1. The van der Waals surface area contributed by atoms with Gasteiger partial charge >= 0.3 is 0 Å². The average molecular weight is 647 g/mol. The number of amides is 2. The molecular weight excluding hydrogens is 610 g/mol. The highest BCUT2D eigenvalue weighted by molar-refractivity contribution is 9.10. The molecule has 0 aliphatic heterocycles. The predicted molar refractivity (Wildman–Crippen MR) is 163 cm³/mol. The van der Waals surface area contributed by atoms with Gasteiger partial charge in [0.1, 0.15) is 12.6 Å². The number of sulfonamides is 1. The minimum Gasteiger partial charge on any atom is -0.493 e. The third-order valence-corrected chi connectivity index (χ3v) is 8.84. The number of nitrogens with one attached hydrogen (secondary N) is 1. The minimum atomic E-state index is -4.19. The maximum atomic E-state index is 14.0. The number of hydrogen-bond donors (Lipinski definition) is 1. The minimum absolute atomic E-state index is 0.0207.